The Balaban J connectivity index is 2.45. The Bertz CT molecular complexity index is 673. The van der Waals surface area contributed by atoms with Gasteiger partial charge in [-0.05, 0) is 42.9 Å². The lowest BCUT2D eigenvalue weighted by molar-refractivity contribution is -0.146. The van der Waals surface area contributed by atoms with Gasteiger partial charge in [-0.3, -0.25) is 4.57 Å². The zero-order chi connectivity index (χ0) is 15.6. The molecule has 114 valence electrons. The van der Waals surface area contributed by atoms with Crippen LogP contribution in [-0.2, 0) is 13.2 Å². The number of nitrogens with zero attached hydrogens (tertiary/aromatic N) is 3. The Labute approximate surface area is 124 Å². The van der Waals surface area contributed by atoms with E-state index < -0.39 is 12.0 Å². The van der Waals surface area contributed by atoms with Crippen LogP contribution < -0.4 is 4.74 Å². The van der Waals surface area contributed by atoms with Crippen LogP contribution in [0, 0.1) is 4.77 Å². The maximum atomic E-state index is 13.0. The van der Waals surface area contributed by atoms with Crippen molar-refractivity contribution in [1.82, 2.24) is 14.3 Å². The highest BCUT2D eigenvalue weighted by atomic mass is 32.1. The molecule has 21 heavy (non-hydrogen) atoms. The molecule has 0 aliphatic heterocycles. The van der Waals surface area contributed by atoms with Gasteiger partial charge in [0.25, 0.3) is 0 Å². The maximum absolute atomic E-state index is 13.0. The summed E-state index contributed by atoms with van der Waals surface area (Å²) in [5, 5.41) is 3.45. The highest BCUT2D eigenvalue weighted by molar-refractivity contribution is 7.71. The van der Waals surface area contributed by atoms with Crippen LogP contribution >= 0.6 is 12.2 Å². The number of aryl methyl sites for hydroxylation is 1. The second-order valence-corrected chi connectivity index (χ2v) is 4.77. The Morgan fingerprint density at radius 1 is 1.24 bits per heavy atom. The first-order valence-electron chi connectivity index (χ1n) is 6.31. The average Bonchev–Trinajstić information content (AvgIpc) is 2.73. The fraction of sp³-hybridized carbons (Fsp3) is 0.385. The Morgan fingerprint density at radius 2 is 1.86 bits per heavy atom. The highest BCUT2D eigenvalue weighted by Crippen LogP contribution is 2.30. The van der Waals surface area contributed by atoms with E-state index in [0.717, 1.165) is 15.7 Å². The van der Waals surface area contributed by atoms with Gasteiger partial charge in [0.15, 0.2) is 0 Å². The molecule has 0 bridgehead atoms. The SMILES string of the molecule is CCCOc1ccc(-n2c(C(F)(F)F)nn(C)c2=S)cc1. The van der Waals surface area contributed by atoms with E-state index in [2.05, 4.69) is 5.10 Å². The smallest absolute Gasteiger partial charge is 0.452 e. The largest absolute Gasteiger partial charge is 0.494 e. The van der Waals surface area contributed by atoms with Crippen molar-refractivity contribution in [2.75, 3.05) is 6.61 Å². The van der Waals surface area contributed by atoms with Crippen LogP contribution in [0.5, 0.6) is 5.75 Å². The van der Waals surface area contributed by atoms with E-state index in [1.807, 2.05) is 6.92 Å². The van der Waals surface area contributed by atoms with Crippen LogP contribution in [0.15, 0.2) is 24.3 Å². The quantitative estimate of drug-likeness (QED) is 0.805. The summed E-state index contributed by atoms with van der Waals surface area (Å²) in [7, 11) is 1.38. The third kappa shape index (κ3) is 3.26. The summed E-state index contributed by atoms with van der Waals surface area (Å²) in [6, 6.07) is 6.27. The van der Waals surface area contributed by atoms with Crippen molar-refractivity contribution >= 4 is 12.2 Å². The summed E-state index contributed by atoms with van der Waals surface area (Å²) in [6.07, 6.45) is -3.72. The van der Waals surface area contributed by atoms with Crippen molar-refractivity contribution in [2.45, 2.75) is 19.5 Å². The Morgan fingerprint density at radius 3 is 2.38 bits per heavy atom. The summed E-state index contributed by atoms with van der Waals surface area (Å²) in [4.78, 5) is 0. The van der Waals surface area contributed by atoms with E-state index in [1.54, 1.807) is 12.1 Å². The normalized spacial score (nSPS) is 11.7. The molecule has 0 radical (unpaired) electrons. The van der Waals surface area contributed by atoms with E-state index in [0.29, 0.717) is 18.0 Å². The van der Waals surface area contributed by atoms with Gasteiger partial charge in [0, 0.05) is 7.05 Å². The van der Waals surface area contributed by atoms with Crippen LogP contribution in [0.3, 0.4) is 0 Å². The summed E-state index contributed by atoms with van der Waals surface area (Å²) in [6.45, 7) is 2.53. The number of aromatic nitrogens is 3. The van der Waals surface area contributed by atoms with Gasteiger partial charge in [0.1, 0.15) is 5.75 Å². The van der Waals surface area contributed by atoms with E-state index in [9.17, 15) is 13.2 Å². The van der Waals surface area contributed by atoms with E-state index in [4.69, 9.17) is 17.0 Å². The summed E-state index contributed by atoms with van der Waals surface area (Å²) in [5.74, 6) is -0.443. The van der Waals surface area contributed by atoms with Gasteiger partial charge in [-0.25, -0.2) is 4.68 Å². The second-order valence-electron chi connectivity index (χ2n) is 4.41. The molecule has 0 N–H and O–H groups in total. The number of ether oxygens (including phenoxy) is 1. The van der Waals surface area contributed by atoms with Gasteiger partial charge in [-0.2, -0.15) is 13.2 Å². The van der Waals surface area contributed by atoms with Crippen LogP contribution in [0.2, 0.25) is 0 Å². The molecule has 2 rings (SSSR count). The van der Waals surface area contributed by atoms with E-state index >= 15 is 0 Å². The molecular weight excluding hydrogens is 303 g/mol. The number of benzene rings is 1. The Kier molecular flexibility index (Phi) is 4.36. The lowest BCUT2D eigenvalue weighted by Crippen LogP contribution is -2.14. The van der Waals surface area contributed by atoms with Crippen LogP contribution in [0.25, 0.3) is 5.69 Å². The molecule has 0 atom stereocenters. The van der Waals surface area contributed by atoms with E-state index in [-0.39, 0.29) is 4.77 Å². The third-order valence-electron chi connectivity index (χ3n) is 2.75. The van der Waals surface area contributed by atoms with Gasteiger partial charge in [-0.1, -0.05) is 6.92 Å². The molecule has 2 aromatic rings. The van der Waals surface area contributed by atoms with Crippen LogP contribution in [0.1, 0.15) is 19.2 Å². The molecule has 0 saturated carbocycles. The number of hydrogen-bond donors (Lipinski definition) is 0. The second kappa shape index (κ2) is 5.88. The number of halogens is 3. The molecule has 0 aliphatic carbocycles. The summed E-state index contributed by atoms with van der Waals surface area (Å²) >= 11 is 5.00. The van der Waals surface area contributed by atoms with Crippen molar-refractivity contribution < 1.29 is 17.9 Å². The zero-order valence-electron chi connectivity index (χ0n) is 11.5. The molecule has 8 heteroatoms. The van der Waals surface area contributed by atoms with Gasteiger partial charge in [0.05, 0.1) is 12.3 Å². The standard InChI is InChI=1S/C13H14F3N3OS/c1-3-8-20-10-6-4-9(5-7-10)19-11(13(14,15)16)17-18(2)12(19)21/h4-7H,3,8H2,1-2H3. The summed E-state index contributed by atoms with van der Waals surface area (Å²) in [5.41, 5.74) is 0.296. The van der Waals surface area contributed by atoms with Crippen LogP contribution in [-0.4, -0.2) is 21.0 Å². The van der Waals surface area contributed by atoms with Crippen molar-refractivity contribution in [1.29, 1.82) is 0 Å². The first kappa shape index (κ1) is 15.6. The number of hydrogen-bond acceptors (Lipinski definition) is 3. The molecule has 0 spiro atoms. The van der Waals surface area contributed by atoms with Crippen molar-refractivity contribution in [2.24, 2.45) is 7.05 Å². The number of alkyl halides is 3. The molecule has 0 saturated heterocycles. The number of rotatable bonds is 4. The minimum absolute atomic E-state index is 0.0236. The third-order valence-corrected chi connectivity index (χ3v) is 3.19. The fourth-order valence-electron chi connectivity index (χ4n) is 1.79. The summed E-state index contributed by atoms with van der Waals surface area (Å²) < 4.78 is 46.3. The van der Waals surface area contributed by atoms with E-state index in [1.165, 1.54) is 19.2 Å². The van der Waals surface area contributed by atoms with Crippen molar-refractivity contribution in [3.8, 4) is 11.4 Å². The van der Waals surface area contributed by atoms with Crippen molar-refractivity contribution in [3.63, 3.8) is 0 Å². The van der Waals surface area contributed by atoms with Gasteiger partial charge in [0.2, 0.25) is 10.6 Å². The molecule has 1 aromatic heterocycles. The zero-order valence-corrected chi connectivity index (χ0v) is 12.3. The first-order valence-corrected chi connectivity index (χ1v) is 6.72. The molecule has 1 aromatic carbocycles. The minimum atomic E-state index is -4.58. The molecule has 0 fully saturated rings. The molecular formula is C13H14F3N3OS. The predicted octanol–water partition coefficient (Wildman–Crippen LogP) is 3.75. The Hall–Kier alpha value is -1.83. The van der Waals surface area contributed by atoms with Crippen LogP contribution in [0.4, 0.5) is 13.2 Å². The van der Waals surface area contributed by atoms with Crippen molar-refractivity contribution in [3.05, 3.63) is 34.9 Å². The van der Waals surface area contributed by atoms with Gasteiger partial charge >= 0.3 is 6.18 Å². The average molecular weight is 317 g/mol. The minimum Gasteiger partial charge on any atom is -0.494 e. The highest BCUT2D eigenvalue weighted by Gasteiger charge is 2.38. The molecule has 4 nitrogen and oxygen atoms in total. The fourth-order valence-corrected chi connectivity index (χ4v) is 2.03. The maximum Gasteiger partial charge on any atom is 0.452 e. The molecule has 0 unspecified atom stereocenters. The lowest BCUT2D eigenvalue weighted by atomic mass is 10.3. The van der Waals surface area contributed by atoms with Gasteiger partial charge < -0.3 is 4.74 Å². The topological polar surface area (TPSA) is 32.0 Å². The van der Waals surface area contributed by atoms with Gasteiger partial charge in [-0.15, -0.1) is 5.10 Å². The lowest BCUT2D eigenvalue weighted by Gasteiger charge is -2.10. The predicted molar refractivity (Wildman–Crippen MR) is 74.2 cm³/mol. The molecule has 0 aliphatic rings. The molecule has 0 amide bonds. The monoisotopic (exact) mass is 317 g/mol. The molecule has 1 heterocycles. The first-order chi connectivity index (χ1) is 9.84.